The molecule has 1 N–H and O–H groups in total. The van der Waals surface area contributed by atoms with Crippen LogP contribution in [-0.2, 0) is 11.8 Å². The molecule has 0 aromatic heterocycles. The van der Waals surface area contributed by atoms with Crippen LogP contribution in [0.4, 0.5) is 0 Å². The molecule has 0 heterocycles. The van der Waals surface area contributed by atoms with Gasteiger partial charge in [-0.3, -0.25) is 0 Å². The van der Waals surface area contributed by atoms with Gasteiger partial charge >= 0.3 is 0 Å². The topological polar surface area (TPSA) is 20.2 Å². The maximum atomic E-state index is 10.3. The summed E-state index contributed by atoms with van der Waals surface area (Å²) in [4.78, 5) is 0. The summed E-state index contributed by atoms with van der Waals surface area (Å²) in [6.45, 7) is 6.94. The Morgan fingerprint density at radius 3 is 2.61 bits per heavy atom. The fourth-order valence-corrected chi connectivity index (χ4v) is 4.64. The zero-order valence-electron chi connectivity index (χ0n) is 11.7. The predicted molar refractivity (Wildman–Crippen MR) is 74.6 cm³/mol. The number of aliphatic hydroxyl groups is 1. The van der Waals surface area contributed by atoms with Gasteiger partial charge in [0.2, 0.25) is 0 Å². The van der Waals surface area contributed by atoms with Gasteiger partial charge in [0, 0.05) is 0 Å². The highest BCUT2D eigenvalue weighted by atomic mass is 16.3. The van der Waals surface area contributed by atoms with Gasteiger partial charge in [-0.1, -0.05) is 45.0 Å². The molecule has 0 saturated heterocycles. The first-order chi connectivity index (χ1) is 8.46. The van der Waals surface area contributed by atoms with Crippen molar-refractivity contribution in [3.05, 3.63) is 35.4 Å². The van der Waals surface area contributed by atoms with Crippen LogP contribution < -0.4 is 0 Å². The van der Waals surface area contributed by atoms with E-state index in [2.05, 4.69) is 45.0 Å². The van der Waals surface area contributed by atoms with E-state index in [1.165, 1.54) is 18.4 Å². The molecule has 0 aliphatic heterocycles. The van der Waals surface area contributed by atoms with E-state index in [0.29, 0.717) is 5.92 Å². The molecule has 2 aliphatic carbocycles. The minimum absolute atomic E-state index is 0.0422. The third-order valence-corrected chi connectivity index (χ3v) is 5.80. The molecule has 0 spiro atoms. The molecule has 0 radical (unpaired) electrons. The van der Waals surface area contributed by atoms with Crippen LogP contribution in [0.1, 0.15) is 51.2 Å². The van der Waals surface area contributed by atoms with Gasteiger partial charge in [0.05, 0.1) is 6.10 Å². The molecule has 1 saturated carbocycles. The van der Waals surface area contributed by atoms with Crippen molar-refractivity contribution >= 4 is 0 Å². The van der Waals surface area contributed by atoms with E-state index in [4.69, 9.17) is 0 Å². The molecular weight excluding hydrogens is 220 g/mol. The normalized spacial score (nSPS) is 37.8. The lowest BCUT2D eigenvalue weighted by Gasteiger charge is -2.56. The average molecular weight is 244 g/mol. The fraction of sp³-hybridized carbons (Fsp3) is 0.647. The Morgan fingerprint density at radius 1 is 1.11 bits per heavy atom. The molecule has 0 unspecified atom stereocenters. The van der Waals surface area contributed by atoms with Crippen LogP contribution in [0, 0.1) is 11.3 Å². The molecule has 18 heavy (non-hydrogen) atoms. The quantitative estimate of drug-likeness (QED) is 0.738. The predicted octanol–water partition coefficient (Wildman–Crippen LogP) is 3.69. The van der Waals surface area contributed by atoms with Crippen molar-refractivity contribution in [2.75, 3.05) is 0 Å². The molecule has 98 valence electrons. The van der Waals surface area contributed by atoms with E-state index in [1.807, 2.05) is 0 Å². The highest BCUT2D eigenvalue weighted by Crippen LogP contribution is 2.56. The van der Waals surface area contributed by atoms with Crippen molar-refractivity contribution in [3.8, 4) is 0 Å². The summed E-state index contributed by atoms with van der Waals surface area (Å²) in [5.41, 5.74) is 3.38. The molecule has 1 nitrogen and oxygen atoms in total. The van der Waals surface area contributed by atoms with Crippen LogP contribution in [0.15, 0.2) is 24.3 Å². The lowest BCUT2D eigenvalue weighted by molar-refractivity contribution is -0.0730. The van der Waals surface area contributed by atoms with E-state index in [1.54, 1.807) is 5.56 Å². The van der Waals surface area contributed by atoms with Crippen LogP contribution in [0.5, 0.6) is 0 Å². The molecule has 1 heteroatoms. The van der Waals surface area contributed by atoms with Gasteiger partial charge < -0.3 is 5.11 Å². The van der Waals surface area contributed by atoms with Gasteiger partial charge in [0.1, 0.15) is 0 Å². The first kappa shape index (κ1) is 12.2. The summed E-state index contributed by atoms with van der Waals surface area (Å²) in [7, 11) is 0. The second-order valence-electron chi connectivity index (χ2n) is 7.04. The smallest absolute Gasteiger partial charge is 0.0594 e. The lowest BCUT2D eigenvalue weighted by Crippen LogP contribution is -2.53. The van der Waals surface area contributed by atoms with Gasteiger partial charge in [0.15, 0.2) is 0 Å². The van der Waals surface area contributed by atoms with E-state index in [0.717, 1.165) is 12.8 Å². The lowest BCUT2D eigenvalue weighted by atomic mass is 9.49. The number of aryl methyl sites for hydroxylation is 1. The van der Waals surface area contributed by atoms with Crippen LogP contribution in [-0.4, -0.2) is 11.2 Å². The Morgan fingerprint density at radius 2 is 1.83 bits per heavy atom. The summed E-state index contributed by atoms with van der Waals surface area (Å²) in [6.07, 6.45) is 4.32. The zero-order valence-corrected chi connectivity index (χ0v) is 11.7. The molecule has 1 fully saturated rings. The van der Waals surface area contributed by atoms with Crippen molar-refractivity contribution < 1.29 is 5.11 Å². The third-order valence-electron chi connectivity index (χ3n) is 5.80. The average Bonchev–Trinajstić information content (AvgIpc) is 2.35. The van der Waals surface area contributed by atoms with Gasteiger partial charge in [0.25, 0.3) is 0 Å². The Kier molecular flexibility index (Phi) is 2.60. The second-order valence-corrected chi connectivity index (χ2v) is 7.04. The minimum atomic E-state index is -0.138. The van der Waals surface area contributed by atoms with Crippen molar-refractivity contribution in [1.29, 1.82) is 0 Å². The largest absolute Gasteiger partial charge is 0.393 e. The zero-order chi connectivity index (χ0) is 13.0. The SMILES string of the molecule is CC1(C)[C@@H](O)CC[C@]2(C)c3ccccc3CC[C@@H]12. The number of benzene rings is 1. The van der Waals surface area contributed by atoms with Gasteiger partial charge in [-0.2, -0.15) is 0 Å². The molecule has 0 bridgehead atoms. The summed E-state index contributed by atoms with van der Waals surface area (Å²) in [5, 5.41) is 10.3. The second kappa shape index (κ2) is 3.84. The molecule has 3 atom stereocenters. The number of fused-ring (bicyclic) bond motifs is 3. The fourth-order valence-electron chi connectivity index (χ4n) is 4.64. The standard InChI is InChI=1S/C17H24O/c1-16(2)14-9-8-12-6-4-5-7-13(12)17(14,3)11-10-15(16)18/h4-7,14-15,18H,8-11H2,1-3H3/t14-,15-,17+/m0/s1. The Labute approximate surface area is 110 Å². The van der Waals surface area contributed by atoms with Gasteiger partial charge in [-0.15, -0.1) is 0 Å². The minimum Gasteiger partial charge on any atom is -0.393 e. The first-order valence-electron chi connectivity index (χ1n) is 7.23. The molecule has 0 amide bonds. The summed E-state index contributed by atoms with van der Waals surface area (Å²) < 4.78 is 0. The van der Waals surface area contributed by atoms with Gasteiger partial charge in [-0.05, 0) is 53.6 Å². The van der Waals surface area contributed by atoms with E-state index in [9.17, 15) is 5.11 Å². The monoisotopic (exact) mass is 244 g/mol. The molecular formula is C17H24O. The molecule has 3 rings (SSSR count). The van der Waals surface area contributed by atoms with Gasteiger partial charge in [-0.25, -0.2) is 0 Å². The Bertz CT molecular complexity index is 462. The van der Waals surface area contributed by atoms with Crippen LogP contribution in [0.2, 0.25) is 0 Å². The number of hydrogen-bond donors (Lipinski definition) is 1. The summed E-state index contributed by atoms with van der Waals surface area (Å²) in [6, 6.07) is 8.93. The maximum absolute atomic E-state index is 10.3. The van der Waals surface area contributed by atoms with Crippen LogP contribution >= 0.6 is 0 Å². The Hall–Kier alpha value is -0.820. The molecule has 1 aromatic carbocycles. The first-order valence-corrected chi connectivity index (χ1v) is 7.23. The third kappa shape index (κ3) is 1.50. The summed E-state index contributed by atoms with van der Waals surface area (Å²) >= 11 is 0. The molecule has 1 aromatic rings. The highest BCUT2D eigenvalue weighted by Gasteiger charge is 2.53. The number of aliphatic hydroxyl groups excluding tert-OH is 1. The maximum Gasteiger partial charge on any atom is 0.0594 e. The van der Waals surface area contributed by atoms with Crippen LogP contribution in [0.25, 0.3) is 0 Å². The van der Waals surface area contributed by atoms with Crippen molar-refractivity contribution in [2.24, 2.45) is 11.3 Å². The van der Waals surface area contributed by atoms with Crippen molar-refractivity contribution in [1.82, 2.24) is 0 Å². The Balaban J connectivity index is 2.10. The number of hydrogen-bond acceptors (Lipinski definition) is 1. The van der Waals surface area contributed by atoms with E-state index >= 15 is 0 Å². The molecule has 2 aliphatic rings. The number of rotatable bonds is 0. The van der Waals surface area contributed by atoms with E-state index < -0.39 is 0 Å². The van der Waals surface area contributed by atoms with Crippen molar-refractivity contribution in [2.45, 2.75) is 58.0 Å². The van der Waals surface area contributed by atoms with E-state index in [-0.39, 0.29) is 16.9 Å². The highest BCUT2D eigenvalue weighted by molar-refractivity contribution is 5.38. The summed E-state index contributed by atoms with van der Waals surface area (Å²) in [5.74, 6) is 0.601. The van der Waals surface area contributed by atoms with Crippen LogP contribution in [0.3, 0.4) is 0 Å². The van der Waals surface area contributed by atoms with Crippen molar-refractivity contribution in [3.63, 3.8) is 0 Å².